The summed E-state index contributed by atoms with van der Waals surface area (Å²) in [5.74, 6) is -1.12. The van der Waals surface area contributed by atoms with Crippen LogP contribution in [-0.4, -0.2) is 52.3 Å². The number of nitrogens with zero attached hydrogens (tertiary/aromatic N) is 1. The summed E-state index contributed by atoms with van der Waals surface area (Å²) in [6.07, 6.45) is -0.753. The molecule has 0 aromatic heterocycles. The Labute approximate surface area is 116 Å². The van der Waals surface area contributed by atoms with Crippen molar-refractivity contribution in [2.45, 2.75) is 25.5 Å². The molecule has 1 aromatic carbocycles. The fourth-order valence-electron chi connectivity index (χ4n) is 2.35. The van der Waals surface area contributed by atoms with E-state index in [4.69, 9.17) is 9.84 Å². The minimum absolute atomic E-state index is 0.0241. The van der Waals surface area contributed by atoms with Crippen LogP contribution in [0.15, 0.2) is 24.3 Å². The topological polar surface area (TPSA) is 87.1 Å². The highest BCUT2D eigenvalue weighted by Crippen LogP contribution is 2.25. The van der Waals surface area contributed by atoms with Crippen molar-refractivity contribution in [3.63, 3.8) is 0 Å². The van der Waals surface area contributed by atoms with Crippen LogP contribution in [0, 0.1) is 0 Å². The van der Waals surface area contributed by atoms with Crippen molar-refractivity contribution in [2.24, 2.45) is 0 Å². The Balaban J connectivity index is 2.29. The van der Waals surface area contributed by atoms with Crippen LogP contribution in [0.4, 0.5) is 0 Å². The van der Waals surface area contributed by atoms with E-state index < -0.39 is 24.0 Å². The number of carboxylic acid groups (broad SMARTS) is 1. The first kappa shape index (κ1) is 14.3. The smallest absolute Gasteiger partial charge is 0.326 e. The Morgan fingerprint density at radius 2 is 2.10 bits per heavy atom. The maximum atomic E-state index is 12.5. The van der Waals surface area contributed by atoms with Crippen molar-refractivity contribution in [1.29, 1.82) is 0 Å². The number of rotatable bonds is 4. The second-order valence-corrected chi connectivity index (χ2v) is 4.63. The SMILES string of the molecule is CCOc1ccccc1C(=O)N1C[C@@H](O)C[C@H]1C(=O)O. The van der Waals surface area contributed by atoms with Gasteiger partial charge in [0.05, 0.1) is 18.3 Å². The third kappa shape index (κ3) is 2.75. The minimum atomic E-state index is -1.11. The number of carboxylic acids is 1. The van der Waals surface area contributed by atoms with E-state index >= 15 is 0 Å². The lowest BCUT2D eigenvalue weighted by atomic mass is 10.1. The summed E-state index contributed by atoms with van der Waals surface area (Å²) in [5.41, 5.74) is 0.315. The summed E-state index contributed by atoms with van der Waals surface area (Å²) < 4.78 is 5.38. The van der Waals surface area contributed by atoms with Crippen LogP contribution >= 0.6 is 0 Å². The zero-order valence-electron chi connectivity index (χ0n) is 11.2. The maximum Gasteiger partial charge on any atom is 0.326 e. The minimum Gasteiger partial charge on any atom is -0.493 e. The number of β-amino-alcohol motifs (C(OH)–C–C–N with tert-alkyl or cyclic N) is 1. The molecule has 1 heterocycles. The number of benzene rings is 1. The number of hydrogen-bond acceptors (Lipinski definition) is 4. The third-order valence-corrected chi connectivity index (χ3v) is 3.24. The van der Waals surface area contributed by atoms with Gasteiger partial charge < -0.3 is 19.8 Å². The predicted octanol–water partition coefficient (Wildman–Crippen LogP) is 0.745. The normalized spacial score (nSPS) is 21.8. The van der Waals surface area contributed by atoms with Crippen molar-refractivity contribution in [3.05, 3.63) is 29.8 Å². The van der Waals surface area contributed by atoms with Gasteiger partial charge in [0.25, 0.3) is 5.91 Å². The number of ether oxygens (including phenoxy) is 1. The predicted molar refractivity (Wildman–Crippen MR) is 70.7 cm³/mol. The van der Waals surface area contributed by atoms with Gasteiger partial charge in [0.2, 0.25) is 0 Å². The largest absolute Gasteiger partial charge is 0.493 e. The number of likely N-dealkylation sites (tertiary alicyclic amines) is 1. The van der Waals surface area contributed by atoms with E-state index in [1.807, 2.05) is 0 Å². The molecule has 0 bridgehead atoms. The van der Waals surface area contributed by atoms with Gasteiger partial charge in [0.1, 0.15) is 11.8 Å². The van der Waals surface area contributed by atoms with Gasteiger partial charge in [-0.3, -0.25) is 4.79 Å². The van der Waals surface area contributed by atoms with Crippen molar-refractivity contribution < 1.29 is 24.5 Å². The van der Waals surface area contributed by atoms with Crippen molar-refractivity contribution in [1.82, 2.24) is 4.90 Å². The first-order valence-corrected chi connectivity index (χ1v) is 6.48. The van der Waals surface area contributed by atoms with Crippen LogP contribution in [0.3, 0.4) is 0 Å². The van der Waals surface area contributed by atoms with Crippen molar-refractivity contribution in [2.75, 3.05) is 13.2 Å². The van der Waals surface area contributed by atoms with E-state index in [9.17, 15) is 14.7 Å². The monoisotopic (exact) mass is 279 g/mol. The number of carbonyl (C=O) groups is 2. The Hall–Kier alpha value is -2.08. The van der Waals surface area contributed by atoms with Crippen LogP contribution in [0.5, 0.6) is 5.75 Å². The molecule has 0 unspecified atom stereocenters. The summed E-state index contributed by atoms with van der Waals surface area (Å²) in [6.45, 7) is 2.24. The molecular formula is C14H17NO5. The zero-order chi connectivity index (χ0) is 14.7. The average molecular weight is 279 g/mol. The molecule has 2 atom stereocenters. The molecule has 1 fully saturated rings. The van der Waals surface area contributed by atoms with Gasteiger partial charge in [-0.1, -0.05) is 12.1 Å². The second-order valence-electron chi connectivity index (χ2n) is 4.63. The fraction of sp³-hybridized carbons (Fsp3) is 0.429. The van der Waals surface area contributed by atoms with Gasteiger partial charge in [0.15, 0.2) is 0 Å². The number of aliphatic carboxylic acids is 1. The number of aliphatic hydroxyl groups is 1. The first-order chi connectivity index (χ1) is 9.54. The molecule has 2 N–H and O–H groups in total. The molecule has 6 heteroatoms. The average Bonchev–Trinajstić information content (AvgIpc) is 2.81. The Bertz CT molecular complexity index is 516. The van der Waals surface area contributed by atoms with Gasteiger partial charge in [-0.15, -0.1) is 0 Å². The Morgan fingerprint density at radius 1 is 1.40 bits per heavy atom. The van der Waals surface area contributed by atoms with Gasteiger partial charge in [-0.25, -0.2) is 4.79 Å². The molecule has 1 aromatic rings. The lowest BCUT2D eigenvalue weighted by Crippen LogP contribution is -2.40. The van der Waals surface area contributed by atoms with E-state index in [1.54, 1.807) is 31.2 Å². The molecule has 1 aliphatic rings. The second kappa shape index (κ2) is 5.92. The van der Waals surface area contributed by atoms with Crippen LogP contribution < -0.4 is 4.74 Å². The summed E-state index contributed by atoms with van der Waals surface area (Å²) >= 11 is 0. The molecule has 1 amide bonds. The van der Waals surface area contributed by atoms with Crippen LogP contribution in [0.25, 0.3) is 0 Å². The fourth-order valence-corrected chi connectivity index (χ4v) is 2.35. The summed E-state index contributed by atoms with van der Waals surface area (Å²) in [4.78, 5) is 24.8. The Morgan fingerprint density at radius 3 is 2.75 bits per heavy atom. The summed E-state index contributed by atoms with van der Waals surface area (Å²) in [6, 6.07) is 5.70. The lowest BCUT2D eigenvalue weighted by molar-refractivity contribution is -0.141. The lowest BCUT2D eigenvalue weighted by Gasteiger charge is -2.22. The van der Waals surface area contributed by atoms with Crippen molar-refractivity contribution in [3.8, 4) is 5.75 Å². The number of amides is 1. The Kier molecular flexibility index (Phi) is 4.24. The third-order valence-electron chi connectivity index (χ3n) is 3.24. The number of para-hydroxylation sites is 1. The highest BCUT2D eigenvalue weighted by Gasteiger charge is 2.39. The highest BCUT2D eigenvalue weighted by atomic mass is 16.5. The quantitative estimate of drug-likeness (QED) is 0.849. The molecule has 0 radical (unpaired) electrons. The maximum absolute atomic E-state index is 12.5. The molecule has 1 aliphatic heterocycles. The van der Waals surface area contributed by atoms with Crippen LogP contribution in [-0.2, 0) is 4.79 Å². The summed E-state index contributed by atoms with van der Waals surface area (Å²) in [7, 11) is 0. The van der Waals surface area contributed by atoms with Crippen molar-refractivity contribution >= 4 is 11.9 Å². The standard InChI is InChI=1S/C14H17NO5/c1-2-20-12-6-4-3-5-10(12)13(17)15-8-9(16)7-11(15)14(18)19/h3-6,9,11,16H,2,7-8H2,1H3,(H,18,19)/t9-,11-/m0/s1. The molecule has 1 saturated heterocycles. The number of carbonyl (C=O) groups excluding carboxylic acids is 1. The molecule has 0 spiro atoms. The van der Waals surface area contributed by atoms with E-state index in [2.05, 4.69) is 0 Å². The zero-order valence-corrected chi connectivity index (χ0v) is 11.2. The molecule has 108 valence electrons. The number of aliphatic hydroxyl groups excluding tert-OH is 1. The van der Waals surface area contributed by atoms with Gasteiger partial charge in [-0.2, -0.15) is 0 Å². The molecule has 0 aliphatic carbocycles. The van der Waals surface area contributed by atoms with Crippen LogP contribution in [0.2, 0.25) is 0 Å². The van der Waals surface area contributed by atoms with E-state index in [-0.39, 0.29) is 13.0 Å². The molecule has 20 heavy (non-hydrogen) atoms. The first-order valence-electron chi connectivity index (χ1n) is 6.48. The van der Waals surface area contributed by atoms with Gasteiger partial charge >= 0.3 is 5.97 Å². The molecule has 6 nitrogen and oxygen atoms in total. The van der Waals surface area contributed by atoms with E-state index in [0.29, 0.717) is 17.9 Å². The molecule has 0 saturated carbocycles. The highest BCUT2D eigenvalue weighted by molar-refractivity contribution is 5.99. The van der Waals surface area contributed by atoms with Crippen LogP contribution in [0.1, 0.15) is 23.7 Å². The molecule has 2 rings (SSSR count). The van der Waals surface area contributed by atoms with E-state index in [0.717, 1.165) is 0 Å². The summed E-state index contributed by atoms with van der Waals surface area (Å²) in [5, 5.41) is 18.7. The number of hydrogen-bond donors (Lipinski definition) is 2. The molecular weight excluding hydrogens is 262 g/mol. The van der Waals surface area contributed by atoms with E-state index in [1.165, 1.54) is 4.90 Å². The van der Waals surface area contributed by atoms with Gasteiger partial charge in [0, 0.05) is 13.0 Å². The van der Waals surface area contributed by atoms with Gasteiger partial charge in [-0.05, 0) is 19.1 Å².